The molecule has 2 aliphatic heterocycles. The van der Waals surface area contributed by atoms with E-state index in [9.17, 15) is 14.4 Å². The Morgan fingerprint density at radius 3 is 2.29 bits per heavy atom. The smallest absolute Gasteiger partial charge is 0.303 e. The Morgan fingerprint density at radius 1 is 1.06 bits per heavy atom. The Kier molecular flexibility index (Phi) is 6.82. The molecule has 0 spiro atoms. The highest BCUT2D eigenvalue weighted by Gasteiger charge is 2.48. The van der Waals surface area contributed by atoms with Crippen LogP contribution in [0.2, 0.25) is 5.02 Å². The van der Waals surface area contributed by atoms with Gasteiger partial charge in [0.05, 0.1) is 18.4 Å². The number of hydrogen-bond acceptors (Lipinski definition) is 6. The first-order valence-corrected chi connectivity index (χ1v) is 11.6. The van der Waals surface area contributed by atoms with Crippen LogP contribution >= 0.6 is 11.6 Å². The van der Waals surface area contributed by atoms with Crippen molar-refractivity contribution in [2.45, 2.75) is 38.7 Å². The molecule has 31 heavy (non-hydrogen) atoms. The molecule has 0 bridgehead atoms. The van der Waals surface area contributed by atoms with E-state index < -0.39 is 6.10 Å². The Balaban J connectivity index is 1.36. The van der Waals surface area contributed by atoms with Crippen molar-refractivity contribution in [3.8, 4) is 0 Å². The van der Waals surface area contributed by atoms with Gasteiger partial charge in [-0.25, -0.2) is 0 Å². The molecule has 2 amide bonds. The molecular weight excluding hydrogens is 418 g/mol. The Morgan fingerprint density at radius 2 is 1.71 bits per heavy atom. The maximum atomic E-state index is 12.8. The summed E-state index contributed by atoms with van der Waals surface area (Å²) in [5.41, 5.74) is 1.10. The van der Waals surface area contributed by atoms with Crippen molar-refractivity contribution >= 4 is 35.1 Å². The minimum Gasteiger partial charge on any atom is -0.459 e. The SMILES string of the molecule is CC(=O)OC(CN1CCN(c2cccc(Cl)c2)CC1)CN1C(=O)[C@H]2CCCC[C@H]2C1=O. The summed E-state index contributed by atoms with van der Waals surface area (Å²) in [6, 6.07) is 7.82. The number of fused-ring (bicyclic) bond motifs is 1. The number of anilines is 1. The Bertz CT molecular complexity index is 816. The molecule has 0 aromatic heterocycles. The summed E-state index contributed by atoms with van der Waals surface area (Å²) in [5, 5.41) is 0.718. The van der Waals surface area contributed by atoms with Crippen LogP contribution in [0.5, 0.6) is 0 Å². The van der Waals surface area contributed by atoms with E-state index in [4.69, 9.17) is 16.3 Å². The number of ether oxygens (including phenoxy) is 1. The van der Waals surface area contributed by atoms with Gasteiger partial charge in [-0.1, -0.05) is 30.5 Å². The van der Waals surface area contributed by atoms with Crippen molar-refractivity contribution in [3.63, 3.8) is 0 Å². The third-order valence-electron chi connectivity index (χ3n) is 6.66. The highest BCUT2D eigenvalue weighted by Crippen LogP contribution is 2.38. The van der Waals surface area contributed by atoms with E-state index in [1.165, 1.54) is 11.8 Å². The molecule has 0 N–H and O–H groups in total. The molecule has 3 aliphatic rings. The number of rotatable bonds is 6. The van der Waals surface area contributed by atoms with E-state index in [1.807, 2.05) is 24.3 Å². The average Bonchev–Trinajstić information content (AvgIpc) is 2.99. The maximum Gasteiger partial charge on any atom is 0.303 e. The quantitative estimate of drug-likeness (QED) is 0.493. The van der Waals surface area contributed by atoms with Gasteiger partial charge in [0, 0.05) is 50.4 Å². The predicted octanol–water partition coefficient (Wildman–Crippen LogP) is 2.57. The lowest BCUT2D eigenvalue weighted by Crippen LogP contribution is -2.51. The minimum absolute atomic E-state index is 0.0855. The molecule has 1 aliphatic carbocycles. The first-order valence-electron chi connectivity index (χ1n) is 11.2. The second-order valence-corrected chi connectivity index (χ2v) is 9.22. The van der Waals surface area contributed by atoms with E-state index in [0.29, 0.717) is 6.54 Å². The lowest BCUT2D eigenvalue weighted by Gasteiger charge is -2.37. The number of esters is 1. The number of carbonyl (C=O) groups is 3. The monoisotopic (exact) mass is 447 g/mol. The van der Waals surface area contributed by atoms with E-state index >= 15 is 0 Å². The molecule has 7 nitrogen and oxygen atoms in total. The van der Waals surface area contributed by atoms with Crippen LogP contribution in [0.4, 0.5) is 5.69 Å². The number of nitrogens with zero attached hydrogens (tertiary/aromatic N) is 3. The zero-order valence-electron chi connectivity index (χ0n) is 18.0. The van der Waals surface area contributed by atoms with E-state index in [2.05, 4.69) is 9.80 Å². The van der Waals surface area contributed by atoms with Crippen LogP contribution in [0.15, 0.2) is 24.3 Å². The summed E-state index contributed by atoms with van der Waals surface area (Å²) in [6.45, 7) is 5.30. The average molecular weight is 448 g/mol. The first kappa shape index (κ1) is 22.1. The summed E-state index contributed by atoms with van der Waals surface area (Å²) in [5.74, 6) is -0.921. The molecule has 3 fully saturated rings. The number of amides is 2. The van der Waals surface area contributed by atoms with Gasteiger partial charge in [-0.05, 0) is 31.0 Å². The van der Waals surface area contributed by atoms with Crippen LogP contribution in [-0.2, 0) is 19.1 Å². The standard InChI is InChI=1S/C23H30ClN3O4/c1-16(28)31-19(15-27-22(29)20-7-2-3-8-21(20)23(27)30)14-25-9-11-26(12-10-25)18-6-4-5-17(24)13-18/h4-6,13,19-21H,2-3,7-12,14-15H2,1H3/t19?,20-,21+. The molecule has 2 heterocycles. The zero-order chi connectivity index (χ0) is 22.0. The van der Waals surface area contributed by atoms with Gasteiger partial charge >= 0.3 is 5.97 Å². The summed E-state index contributed by atoms with van der Waals surface area (Å²) in [4.78, 5) is 43.2. The van der Waals surface area contributed by atoms with Gasteiger partial charge < -0.3 is 9.64 Å². The second-order valence-electron chi connectivity index (χ2n) is 8.78. The third kappa shape index (κ3) is 5.04. The molecule has 168 valence electrons. The fraction of sp³-hybridized carbons (Fsp3) is 0.609. The van der Waals surface area contributed by atoms with Crippen molar-refractivity contribution < 1.29 is 19.1 Å². The van der Waals surface area contributed by atoms with Crippen molar-refractivity contribution in [2.75, 3.05) is 44.2 Å². The second kappa shape index (κ2) is 9.57. The van der Waals surface area contributed by atoms with Crippen molar-refractivity contribution in [1.29, 1.82) is 0 Å². The number of benzene rings is 1. The number of halogens is 1. The number of piperazine rings is 1. The van der Waals surface area contributed by atoms with E-state index in [-0.39, 0.29) is 36.2 Å². The highest BCUT2D eigenvalue weighted by molar-refractivity contribution is 6.30. The number of imide groups is 1. The summed E-state index contributed by atoms with van der Waals surface area (Å²) < 4.78 is 5.53. The Labute approximate surface area is 188 Å². The van der Waals surface area contributed by atoms with Crippen LogP contribution in [0.25, 0.3) is 0 Å². The first-order chi connectivity index (χ1) is 14.9. The Hall–Kier alpha value is -2.12. The lowest BCUT2D eigenvalue weighted by molar-refractivity contribution is -0.153. The largest absolute Gasteiger partial charge is 0.459 e. The van der Waals surface area contributed by atoms with Crippen molar-refractivity contribution in [1.82, 2.24) is 9.80 Å². The van der Waals surface area contributed by atoms with Gasteiger partial charge in [0.15, 0.2) is 0 Å². The third-order valence-corrected chi connectivity index (χ3v) is 6.89. The molecule has 1 aromatic carbocycles. The van der Waals surface area contributed by atoms with E-state index in [0.717, 1.165) is 62.6 Å². The summed E-state index contributed by atoms with van der Waals surface area (Å²) in [7, 11) is 0. The van der Waals surface area contributed by atoms with Crippen LogP contribution < -0.4 is 4.90 Å². The molecule has 8 heteroatoms. The fourth-order valence-electron chi connectivity index (χ4n) is 5.13. The van der Waals surface area contributed by atoms with Gasteiger partial charge in [-0.15, -0.1) is 0 Å². The molecule has 0 radical (unpaired) electrons. The number of hydrogen-bond donors (Lipinski definition) is 0. The molecule has 2 saturated heterocycles. The summed E-state index contributed by atoms with van der Waals surface area (Å²) >= 11 is 6.11. The van der Waals surface area contributed by atoms with Gasteiger partial charge in [-0.2, -0.15) is 0 Å². The molecule has 1 saturated carbocycles. The topological polar surface area (TPSA) is 70.2 Å². The minimum atomic E-state index is -0.511. The van der Waals surface area contributed by atoms with Crippen LogP contribution in [0, 0.1) is 11.8 Å². The molecule has 1 unspecified atom stereocenters. The predicted molar refractivity (Wildman–Crippen MR) is 118 cm³/mol. The fourth-order valence-corrected chi connectivity index (χ4v) is 5.32. The molecule has 3 atom stereocenters. The van der Waals surface area contributed by atoms with E-state index in [1.54, 1.807) is 0 Å². The lowest BCUT2D eigenvalue weighted by atomic mass is 9.81. The van der Waals surface area contributed by atoms with Crippen LogP contribution in [0.1, 0.15) is 32.6 Å². The van der Waals surface area contributed by atoms with Crippen molar-refractivity contribution in [3.05, 3.63) is 29.3 Å². The normalized spacial score (nSPS) is 25.5. The molecule has 4 rings (SSSR count). The van der Waals surface area contributed by atoms with Crippen LogP contribution in [-0.4, -0.2) is 73.0 Å². The van der Waals surface area contributed by atoms with Gasteiger partial charge in [0.1, 0.15) is 6.10 Å². The number of carbonyl (C=O) groups excluding carboxylic acids is 3. The molecule has 1 aromatic rings. The summed E-state index contributed by atoms with van der Waals surface area (Å²) in [6.07, 6.45) is 3.06. The van der Waals surface area contributed by atoms with Crippen molar-refractivity contribution in [2.24, 2.45) is 11.8 Å². The van der Waals surface area contributed by atoms with Gasteiger partial charge in [0.25, 0.3) is 0 Å². The highest BCUT2D eigenvalue weighted by atomic mass is 35.5. The number of likely N-dealkylation sites (tertiary alicyclic amines) is 1. The molecular formula is C23H30ClN3O4. The zero-order valence-corrected chi connectivity index (χ0v) is 18.7. The van der Waals surface area contributed by atoms with Gasteiger partial charge in [0.2, 0.25) is 11.8 Å². The maximum absolute atomic E-state index is 12.8. The van der Waals surface area contributed by atoms with Gasteiger partial charge in [-0.3, -0.25) is 24.2 Å². The van der Waals surface area contributed by atoms with Crippen LogP contribution in [0.3, 0.4) is 0 Å².